The van der Waals surface area contributed by atoms with Gasteiger partial charge in [0.05, 0.1) is 0 Å². The van der Waals surface area contributed by atoms with E-state index >= 15 is 0 Å². The van der Waals surface area contributed by atoms with E-state index in [2.05, 4.69) is 24.0 Å². The van der Waals surface area contributed by atoms with Crippen molar-refractivity contribution in [2.75, 3.05) is 6.54 Å². The van der Waals surface area contributed by atoms with Crippen molar-refractivity contribution in [1.82, 2.24) is 4.90 Å². The Balaban J connectivity index is 1.84. The lowest BCUT2D eigenvalue weighted by molar-refractivity contribution is 0.0522. The van der Waals surface area contributed by atoms with Crippen LogP contribution in [-0.4, -0.2) is 23.5 Å². The highest BCUT2D eigenvalue weighted by molar-refractivity contribution is 5.23. The molecule has 0 aromatic carbocycles. The minimum Gasteiger partial charge on any atom is -0.293 e. The minimum atomic E-state index is 0.691. The Hall–Kier alpha value is -0.300. The van der Waals surface area contributed by atoms with E-state index in [1.807, 2.05) is 0 Å². The maximum absolute atomic E-state index is 2.83. The Morgan fingerprint density at radius 1 is 1.43 bits per heavy atom. The fourth-order valence-corrected chi connectivity index (χ4v) is 5.13. The van der Waals surface area contributed by atoms with Gasteiger partial charge in [0.2, 0.25) is 0 Å². The van der Waals surface area contributed by atoms with E-state index in [9.17, 15) is 0 Å². The first kappa shape index (κ1) is 7.92. The molecule has 0 amide bonds. The van der Waals surface area contributed by atoms with Gasteiger partial charge in [-0.25, -0.2) is 0 Å². The molecule has 0 aromatic rings. The predicted octanol–water partition coefficient (Wildman–Crippen LogP) is 2.44. The summed E-state index contributed by atoms with van der Waals surface area (Å²) in [4.78, 5) is 2.83. The number of hydrogen-bond acceptors (Lipinski definition) is 1. The molecule has 4 bridgehead atoms. The van der Waals surface area contributed by atoms with Crippen molar-refractivity contribution in [1.29, 1.82) is 0 Å². The van der Waals surface area contributed by atoms with Crippen LogP contribution < -0.4 is 0 Å². The maximum atomic E-state index is 2.83. The number of piperidine rings is 1. The molecule has 0 N–H and O–H groups in total. The second-order valence-electron chi connectivity index (χ2n) is 6.13. The number of rotatable bonds is 0. The average Bonchev–Trinajstić information content (AvgIpc) is 2.51. The first-order valence-electron chi connectivity index (χ1n) is 6.22. The summed E-state index contributed by atoms with van der Waals surface area (Å²) in [6, 6.07) is 1.77. The molecule has 1 saturated carbocycles. The molecule has 6 atom stereocenters. The molecule has 76 valence electrons. The summed E-state index contributed by atoms with van der Waals surface area (Å²) in [5, 5.41) is 0. The number of fused-ring (bicyclic) bond motifs is 1. The van der Waals surface area contributed by atoms with Crippen LogP contribution in [0, 0.1) is 17.3 Å². The van der Waals surface area contributed by atoms with Crippen LogP contribution in [0.3, 0.4) is 0 Å². The van der Waals surface area contributed by atoms with Crippen molar-refractivity contribution in [2.24, 2.45) is 17.3 Å². The summed E-state index contributed by atoms with van der Waals surface area (Å²) in [5.74, 6) is 2.06. The summed E-state index contributed by atoms with van der Waals surface area (Å²) >= 11 is 0. The Morgan fingerprint density at radius 2 is 2.36 bits per heavy atom. The average molecular weight is 189 g/mol. The SMILES string of the molecule is C[C@@]12CCCC3C1[C@@H]1CC=C[C@H]3N1C2. The zero-order chi connectivity index (χ0) is 9.34. The van der Waals surface area contributed by atoms with Crippen LogP contribution in [-0.2, 0) is 0 Å². The van der Waals surface area contributed by atoms with Gasteiger partial charge < -0.3 is 0 Å². The molecule has 3 aliphatic heterocycles. The van der Waals surface area contributed by atoms with Crippen LogP contribution in [0.25, 0.3) is 0 Å². The van der Waals surface area contributed by atoms with Crippen molar-refractivity contribution in [3.63, 3.8) is 0 Å². The monoisotopic (exact) mass is 189 g/mol. The second kappa shape index (κ2) is 2.27. The molecule has 1 aliphatic carbocycles. The zero-order valence-electron chi connectivity index (χ0n) is 8.95. The first-order valence-corrected chi connectivity index (χ1v) is 6.22. The quantitative estimate of drug-likeness (QED) is 0.529. The van der Waals surface area contributed by atoms with Gasteiger partial charge in [0.25, 0.3) is 0 Å². The molecule has 14 heavy (non-hydrogen) atoms. The lowest BCUT2D eigenvalue weighted by atomic mass is 9.61. The lowest BCUT2D eigenvalue weighted by Crippen LogP contribution is -2.46. The highest BCUT2D eigenvalue weighted by Crippen LogP contribution is 2.61. The smallest absolute Gasteiger partial charge is 0.0313 e. The summed E-state index contributed by atoms with van der Waals surface area (Å²) < 4.78 is 0. The van der Waals surface area contributed by atoms with Crippen molar-refractivity contribution < 1.29 is 0 Å². The van der Waals surface area contributed by atoms with Gasteiger partial charge in [0.1, 0.15) is 0 Å². The summed E-state index contributed by atoms with van der Waals surface area (Å²) in [6.07, 6.45) is 10.8. The van der Waals surface area contributed by atoms with Gasteiger partial charge in [-0.05, 0) is 36.5 Å². The highest BCUT2D eigenvalue weighted by Gasteiger charge is 2.63. The van der Waals surface area contributed by atoms with Gasteiger partial charge in [0.15, 0.2) is 0 Å². The summed E-state index contributed by atoms with van der Waals surface area (Å²) in [7, 11) is 0. The Labute approximate surface area is 86.2 Å². The van der Waals surface area contributed by atoms with Crippen LogP contribution in [0.4, 0.5) is 0 Å². The predicted molar refractivity (Wildman–Crippen MR) is 57.0 cm³/mol. The summed E-state index contributed by atoms with van der Waals surface area (Å²) in [6.45, 7) is 3.95. The minimum absolute atomic E-state index is 0.691. The van der Waals surface area contributed by atoms with Gasteiger partial charge in [-0.15, -0.1) is 0 Å². The molecule has 0 aromatic heterocycles. The largest absolute Gasteiger partial charge is 0.293 e. The molecule has 0 radical (unpaired) electrons. The van der Waals surface area contributed by atoms with E-state index in [1.165, 1.54) is 32.2 Å². The third-order valence-electron chi connectivity index (χ3n) is 5.47. The van der Waals surface area contributed by atoms with Gasteiger partial charge in [0, 0.05) is 18.6 Å². The zero-order valence-corrected chi connectivity index (χ0v) is 8.95. The van der Waals surface area contributed by atoms with E-state index in [4.69, 9.17) is 0 Å². The van der Waals surface area contributed by atoms with Gasteiger partial charge >= 0.3 is 0 Å². The molecule has 1 heteroatoms. The van der Waals surface area contributed by atoms with Crippen molar-refractivity contribution in [3.05, 3.63) is 12.2 Å². The highest BCUT2D eigenvalue weighted by atomic mass is 15.3. The first-order chi connectivity index (χ1) is 6.80. The maximum Gasteiger partial charge on any atom is 0.0313 e. The van der Waals surface area contributed by atoms with Crippen LogP contribution in [0.2, 0.25) is 0 Å². The van der Waals surface area contributed by atoms with E-state index < -0.39 is 0 Å². The van der Waals surface area contributed by atoms with E-state index in [1.54, 1.807) is 0 Å². The molecule has 0 spiro atoms. The van der Waals surface area contributed by atoms with Crippen LogP contribution in [0.15, 0.2) is 12.2 Å². The Bertz CT molecular complexity index is 308. The third kappa shape index (κ3) is 0.701. The van der Waals surface area contributed by atoms with Crippen LogP contribution in [0.5, 0.6) is 0 Å². The van der Waals surface area contributed by atoms with E-state index in [0.717, 1.165) is 23.9 Å². The standard InChI is InChI=1S/C13H19N/c1-13-7-3-4-9-10-5-2-6-11(12(9)13)14(10)8-13/h2,5,9-12H,3-4,6-8H2,1H3/t9?,10-,11+,12?,13+/m1/s1. The fraction of sp³-hybridized carbons (Fsp3) is 0.846. The molecule has 4 aliphatic rings. The van der Waals surface area contributed by atoms with Crippen molar-refractivity contribution in [3.8, 4) is 0 Å². The van der Waals surface area contributed by atoms with Crippen LogP contribution in [0.1, 0.15) is 32.6 Å². The van der Waals surface area contributed by atoms with Crippen molar-refractivity contribution >= 4 is 0 Å². The lowest BCUT2D eigenvalue weighted by Gasteiger charge is -2.46. The number of hydrogen-bond donors (Lipinski definition) is 0. The number of nitrogens with zero attached hydrogens (tertiary/aromatic N) is 1. The molecule has 3 unspecified atom stereocenters. The molecule has 4 rings (SSSR count). The van der Waals surface area contributed by atoms with Gasteiger partial charge in [-0.1, -0.05) is 25.5 Å². The van der Waals surface area contributed by atoms with Gasteiger partial charge in [-0.2, -0.15) is 0 Å². The van der Waals surface area contributed by atoms with Gasteiger partial charge in [-0.3, -0.25) is 4.90 Å². The topological polar surface area (TPSA) is 3.24 Å². The Kier molecular flexibility index (Phi) is 1.28. The molecule has 3 heterocycles. The van der Waals surface area contributed by atoms with Crippen molar-refractivity contribution in [2.45, 2.75) is 44.7 Å². The normalized spacial score (nSPS) is 63.4. The molecular formula is C13H19N. The van der Waals surface area contributed by atoms with E-state index in [-0.39, 0.29) is 0 Å². The summed E-state index contributed by atoms with van der Waals surface area (Å²) in [5.41, 5.74) is 0.691. The van der Waals surface area contributed by atoms with E-state index in [0.29, 0.717) is 5.41 Å². The van der Waals surface area contributed by atoms with Crippen LogP contribution >= 0.6 is 0 Å². The fourth-order valence-electron chi connectivity index (χ4n) is 5.13. The molecule has 3 fully saturated rings. The second-order valence-corrected chi connectivity index (χ2v) is 6.13. The Morgan fingerprint density at radius 3 is 3.21 bits per heavy atom. The molecule has 2 saturated heterocycles. The third-order valence-corrected chi connectivity index (χ3v) is 5.47. The molecular weight excluding hydrogens is 170 g/mol. The molecule has 1 nitrogen and oxygen atoms in total.